The van der Waals surface area contributed by atoms with Gasteiger partial charge in [-0.1, -0.05) is 0 Å². The average molecular weight is 485 g/mol. The van der Waals surface area contributed by atoms with Crippen LogP contribution in [-0.4, -0.2) is 59.4 Å². The first-order valence-electron chi connectivity index (χ1n) is 10.4. The van der Waals surface area contributed by atoms with Gasteiger partial charge in [0.05, 0.1) is 10.9 Å². The molecule has 0 unspecified atom stereocenters. The maximum absolute atomic E-state index is 12.7. The van der Waals surface area contributed by atoms with Crippen molar-refractivity contribution in [2.24, 2.45) is 5.73 Å². The molecule has 1 aliphatic heterocycles. The number of halogens is 3. The van der Waals surface area contributed by atoms with Crippen LogP contribution in [0.25, 0.3) is 0 Å². The Balaban J connectivity index is 1.53. The number of hydrogen-bond acceptors (Lipinski definition) is 7. The van der Waals surface area contributed by atoms with Gasteiger partial charge in [0.25, 0.3) is 15.7 Å². The zero-order valence-corrected chi connectivity index (χ0v) is 18.3. The summed E-state index contributed by atoms with van der Waals surface area (Å²) in [5, 5.41) is 15.6. The molecule has 0 spiro atoms. The number of primary amides is 1. The highest BCUT2D eigenvalue weighted by Crippen LogP contribution is 2.33. The van der Waals surface area contributed by atoms with E-state index in [2.05, 4.69) is 15.3 Å². The summed E-state index contributed by atoms with van der Waals surface area (Å²) in [6, 6.07) is 3.94. The van der Waals surface area contributed by atoms with Crippen molar-refractivity contribution in [3.8, 4) is 0 Å². The standard InChI is InChI=1S/C20H23F3N6O3S/c21-20(22,23)33(31,32)14-5-2-12(3-6-14)26-19-15(18(25)30)11-29(27-19)17-7-4-13(10-16(17)24)28-8-1-9-28/h2-3,5-6,11,13,17,24H,1,4,7-10H2,(H2,25,30)(H,26,27)/t13-,17+/m1/s1. The van der Waals surface area contributed by atoms with Gasteiger partial charge in [0, 0.05) is 30.1 Å². The summed E-state index contributed by atoms with van der Waals surface area (Å²) >= 11 is 0. The van der Waals surface area contributed by atoms with E-state index in [0.717, 1.165) is 43.8 Å². The molecule has 0 bridgehead atoms. The molecule has 33 heavy (non-hydrogen) atoms. The maximum Gasteiger partial charge on any atom is 0.501 e. The van der Waals surface area contributed by atoms with Gasteiger partial charge >= 0.3 is 5.51 Å². The minimum Gasteiger partial charge on any atom is -0.365 e. The normalized spacial score (nSPS) is 22.1. The SMILES string of the molecule is N=C1C[C@H](N2CCC2)CC[C@@H]1n1cc(C(N)=O)c(Nc2ccc(S(=O)(=O)C(F)(F)F)cc2)n1. The molecule has 4 N–H and O–H groups in total. The lowest BCUT2D eigenvalue weighted by Crippen LogP contribution is -2.48. The highest BCUT2D eigenvalue weighted by molar-refractivity contribution is 7.92. The van der Waals surface area contributed by atoms with Gasteiger partial charge in [-0.05, 0) is 56.6 Å². The first-order valence-corrected chi connectivity index (χ1v) is 11.8. The summed E-state index contributed by atoms with van der Waals surface area (Å²) < 4.78 is 62.7. The third-order valence-corrected chi connectivity index (χ3v) is 7.59. The summed E-state index contributed by atoms with van der Waals surface area (Å²) in [5.41, 5.74) is 0.844. The molecule has 1 saturated heterocycles. The molecule has 2 aliphatic rings. The molecular formula is C20H23F3N6O3S. The first kappa shape index (κ1) is 23.2. The number of alkyl halides is 3. The van der Waals surface area contributed by atoms with Crippen molar-refractivity contribution in [2.45, 2.75) is 48.2 Å². The summed E-state index contributed by atoms with van der Waals surface area (Å²) in [6.07, 6.45) is 4.83. The number of carbonyl (C=O) groups excluding carboxylic acids is 1. The average Bonchev–Trinajstić information content (AvgIpc) is 3.10. The Kier molecular flexibility index (Phi) is 5.95. The number of aromatic nitrogens is 2. The molecule has 2 fully saturated rings. The number of anilines is 2. The fourth-order valence-electron chi connectivity index (χ4n) is 4.14. The molecule has 1 saturated carbocycles. The van der Waals surface area contributed by atoms with Gasteiger partial charge in [0.1, 0.15) is 5.56 Å². The van der Waals surface area contributed by atoms with Crippen LogP contribution in [0.3, 0.4) is 0 Å². The molecule has 2 aromatic rings. The van der Waals surface area contributed by atoms with Gasteiger partial charge in [-0.2, -0.15) is 18.3 Å². The van der Waals surface area contributed by atoms with Crippen LogP contribution in [0.4, 0.5) is 24.7 Å². The van der Waals surface area contributed by atoms with Crippen LogP contribution in [0.1, 0.15) is 42.1 Å². The Hall–Kier alpha value is -2.93. The predicted molar refractivity (Wildman–Crippen MR) is 114 cm³/mol. The third-order valence-electron chi connectivity index (χ3n) is 6.09. The summed E-state index contributed by atoms with van der Waals surface area (Å²) in [4.78, 5) is 13.4. The van der Waals surface area contributed by atoms with E-state index >= 15 is 0 Å². The molecule has 0 radical (unpaired) electrons. The number of carbonyl (C=O) groups is 1. The van der Waals surface area contributed by atoms with Gasteiger partial charge in [0.2, 0.25) is 0 Å². The second kappa shape index (κ2) is 8.45. The number of nitrogens with one attached hydrogen (secondary N) is 2. The van der Waals surface area contributed by atoms with E-state index in [-0.39, 0.29) is 23.1 Å². The Labute approximate surface area is 188 Å². The fraction of sp³-hybridized carbons (Fsp3) is 0.450. The van der Waals surface area contributed by atoms with Crippen molar-refractivity contribution in [3.63, 3.8) is 0 Å². The van der Waals surface area contributed by atoms with Gasteiger partial charge in [0.15, 0.2) is 5.82 Å². The molecule has 178 valence electrons. The monoisotopic (exact) mass is 484 g/mol. The molecule has 13 heteroatoms. The summed E-state index contributed by atoms with van der Waals surface area (Å²) in [5.74, 6) is -0.688. The van der Waals surface area contributed by atoms with Gasteiger partial charge in [-0.3, -0.25) is 14.4 Å². The van der Waals surface area contributed by atoms with Crippen LogP contribution in [0.2, 0.25) is 0 Å². The van der Waals surface area contributed by atoms with Crippen LogP contribution < -0.4 is 11.1 Å². The number of nitrogens with two attached hydrogens (primary N) is 1. The minimum absolute atomic E-state index is 0.0552. The molecule has 1 aromatic carbocycles. The number of hydrogen-bond donors (Lipinski definition) is 3. The predicted octanol–water partition coefficient (Wildman–Crippen LogP) is 2.84. The number of rotatable bonds is 6. The van der Waals surface area contributed by atoms with Crippen LogP contribution >= 0.6 is 0 Å². The molecule has 9 nitrogen and oxygen atoms in total. The number of amides is 1. The Morgan fingerprint density at radius 1 is 1.18 bits per heavy atom. The smallest absolute Gasteiger partial charge is 0.365 e. The lowest BCUT2D eigenvalue weighted by atomic mass is 9.87. The van der Waals surface area contributed by atoms with Gasteiger partial charge in [-0.25, -0.2) is 8.42 Å². The van der Waals surface area contributed by atoms with E-state index in [1.54, 1.807) is 0 Å². The highest BCUT2D eigenvalue weighted by Gasteiger charge is 2.46. The number of likely N-dealkylation sites (tertiary alicyclic amines) is 1. The van der Waals surface area contributed by atoms with E-state index < -0.39 is 26.1 Å². The van der Waals surface area contributed by atoms with Gasteiger partial charge < -0.3 is 16.5 Å². The lowest BCUT2D eigenvalue weighted by Gasteiger charge is -2.42. The highest BCUT2D eigenvalue weighted by atomic mass is 32.2. The van der Waals surface area contributed by atoms with Gasteiger partial charge in [-0.15, -0.1) is 0 Å². The number of sulfone groups is 1. The fourth-order valence-corrected chi connectivity index (χ4v) is 4.90. The molecular weight excluding hydrogens is 461 g/mol. The lowest BCUT2D eigenvalue weighted by molar-refractivity contribution is -0.0436. The molecule has 1 aliphatic carbocycles. The topological polar surface area (TPSA) is 134 Å². The van der Waals surface area contributed by atoms with E-state index in [0.29, 0.717) is 24.6 Å². The third kappa shape index (κ3) is 4.47. The first-order chi connectivity index (χ1) is 15.5. The van der Waals surface area contributed by atoms with Crippen LogP contribution in [0, 0.1) is 5.41 Å². The van der Waals surface area contributed by atoms with E-state index in [1.165, 1.54) is 17.3 Å². The number of benzene rings is 1. The zero-order chi connectivity index (χ0) is 24.0. The summed E-state index contributed by atoms with van der Waals surface area (Å²) in [6.45, 7) is 2.10. The Morgan fingerprint density at radius 2 is 1.85 bits per heavy atom. The quantitative estimate of drug-likeness (QED) is 0.577. The second-order valence-electron chi connectivity index (χ2n) is 8.20. The van der Waals surface area contributed by atoms with Crippen molar-refractivity contribution >= 4 is 33.0 Å². The van der Waals surface area contributed by atoms with Crippen molar-refractivity contribution in [1.29, 1.82) is 5.41 Å². The molecule has 2 heterocycles. The largest absolute Gasteiger partial charge is 0.501 e. The van der Waals surface area contributed by atoms with E-state index in [4.69, 9.17) is 11.1 Å². The van der Waals surface area contributed by atoms with E-state index in [9.17, 15) is 26.4 Å². The summed E-state index contributed by atoms with van der Waals surface area (Å²) in [7, 11) is -5.46. The molecule has 1 amide bonds. The number of nitrogens with zero attached hydrogens (tertiary/aromatic N) is 3. The van der Waals surface area contributed by atoms with Crippen LogP contribution in [0.5, 0.6) is 0 Å². The maximum atomic E-state index is 12.7. The van der Waals surface area contributed by atoms with Crippen LogP contribution in [0.15, 0.2) is 35.4 Å². The molecule has 4 rings (SSSR count). The van der Waals surface area contributed by atoms with E-state index in [1.807, 2.05) is 0 Å². The zero-order valence-electron chi connectivity index (χ0n) is 17.5. The Morgan fingerprint density at radius 3 is 2.36 bits per heavy atom. The second-order valence-corrected chi connectivity index (χ2v) is 10.1. The molecule has 1 aromatic heterocycles. The molecule has 2 atom stereocenters. The van der Waals surface area contributed by atoms with Crippen molar-refractivity contribution in [3.05, 3.63) is 36.0 Å². The van der Waals surface area contributed by atoms with Crippen LogP contribution in [-0.2, 0) is 9.84 Å². The van der Waals surface area contributed by atoms with Crippen molar-refractivity contribution < 1.29 is 26.4 Å². The minimum atomic E-state index is -5.46. The van der Waals surface area contributed by atoms with Crippen molar-refractivity contribution in [1.82, 2.24) is 14.7 Å². The van der Waals surface area contributed by atoms with Crippen molar-refractivity contribution in [2.75, 3.05) is 18.4 Å². The Bertz CT molecular complexity index is 1170.